The Morgan fingerprint density at radius 1 is 1.29 bits per heavy atom. The molecule has 0 aliphatic carbocycles. The first-order valence-corrected chi connectivity index (χ1v) is 7.27. The van der Waals surface area contributed by atoms with E-state index in [0.29, 0.717) is 17.8 Å². The van der Waals surface area contributed by atoms with Gasteiger partial charge in [0, 0.05) is 38.9 Å². The number of likely N-dealkylation sites (tertiary alicyclic amines) is 1. The molecule has 0 radical (unpaired) electrons. The highest BCUT2D eigenvalue weighted by Crippen LogP contribution is 2.13. The Labute approximate surface area is 125 Å². The van der Waals surface area contributed by atoms with Gasteiger partial charge in [0.05, 0.1) is 12.2 Å². The largest absolute Gasteiger partial charge is 0.339 e. The maximum Gasteiger partial charge on any atom is 0.317 e. The van der Waals surface area contributed by atoms with E-state index in [1.165, 1.54) is 11.3 Å². The SMILES string of the molecule is CN(C)C(=O)NCc1cc(C(=O)N2CCCCC2)ccn1. The zero-order valence-electron chi connectivity index (χ0n) is 12.6. The number of aromatic nitrogens is 1. The lowest BCUT2D eigenvalue weighted by Gasteiger charge is -2.26. The van der Waals surface area contributed by atoms with Gasteiger partial charge in [-0.1, -0.05) is 0 Å². The highest BCUT2D eigenvalue weighted by atomic mass is 16.2. The van der Waals surface area contributed by atoms with Gasteiger partial charge in [0.1, 0.15) is 0 Å². The molecule has 0 saturated carbocycles. The lowest BCUT2D eigenvalue weighted by molar-refractivity contribution is 0.0724. The number of pyridine rings is 1. The molecule has 1 saturated heterocycles. The van der Waals surface area contributed by atoms with Gasteiger partial charge in [-0.15, -0.1) is 0 Å². The van der Waals surface area contributed by atoms with E-state index in [-0.39, 0.29) is 11.9 Å². The summed E-state index contributed by atoms with van der Waals surface area (Å²) in [4.78, 5) is 31.4. The molecule has 1 N–H and O–H groups in total. The normalized spacial score (nSPS) is 14.7. The van der Waals surface area contributed by atoms with Crippen molar-refractivity contribution in [1.29, 1.82) is 0 Å². The number of hydrogen-bond donors (Lipinski definition) is 1. The van der Waals surface area contributed by atoms with Crippen molar-refractivity contribution in [3.8, 4) is 0 Å². The van der Waals surface area contributed by atoms with E-state index in [1.54, 1.807) is 32.4 Å². The maximum atomic E-state index is 12.4. The molecule has 6 heteroatoms. The molecule has 0 bridgehead atoms. The number of nitrogens with one attached hydrogen (secondary N) is 1. The Bertz CT molecular complexity index is 510. The van der Waals surface area contributed by atoms with Crippen molar-refractivity contribution in [2.45, 2.75) is 25.8 Å². The van der Waals surface area contributed by atoms with Gasteiger partial charge < -0.3 is 15.1 Å². The van der Waals surface area contributed by atoms with Crippen LogP contribution in [0, 0.1) is 0 Å². The molecule has 0 spiro atoms. The van der Waals surface area contributed by atoms with Gasteiger partial charge in [0.2, 0.25) is 0 Å². The average Bonchev–Trinajstić information content (AvgIpc) is 2.53. The number of nitrogens with zero attached hydrogens (tertiary/aromatic N) is 3. The van der Waals surface area contributed by atoms with E-state index in [4.69, 9.17) is 0 Å². The van der Waals surface area contributed by atoms with Crippen molar-refractivity contribution in [2.24, 2.45) is 0 Å². The lowest BCUT2D eigenvalue weighted by Crippen LogP contribution is -2.36. The summed E-state index contributed by atoms with van der Waals surface area (Å²) in [5, 5.41) is 2.74. The minimum Gasteiger partial charge on any atom is -0.339 e. The molecule has 1 aliphatic heterocycles. The molecule has 0 atom stereocenters. The third kappa shape index (κ3) is 4.18. The van der Waals surface area contributed by atoms with Crippen molar-refractivity contribution in [1.82, 2.24) is 20.1 Å². The first kappa shape index (κ1) is 15.3. The van der Waals surface area contributed by atoms with Gasteiger partial charge in [-0.05, 0) is 31.4 Å². The highest BCUT2D eigenvalue weighted by molar-refractivity contribution is 5.94. The molecule has 1 aromatic rings. The summed E-state index contributed by atoms with van der Waals surface area (Å²) >= 11 is 0. The first-order valence-electron chi connectivity index (χ1n) is 7.27. The smallest absolute Gasteiger partial charge is 0.317 e. The van der Waals surface area contributed by atoms with Crippen LogP contribution in [-0.2, 0) is 6.54 Å². The van der Waals surface area contributed by atoms with Gasteiger partial charge in [-0.2, -0.15) is 0 Å². The van der Waals surface area contributed by atoms with E-state index in [1.807, 2.05) is 4.90 Å². The molecule has 1 aliphatic rings. The van der Waals surface area contributed by atoms with E-state index in [9.17, 15) is 9.59 Å². The van der Waals surface area contributed by atoms with Crippen LogP contribution in [0.25, 0.3) is 0 Å². The number of rotatable bonds is 3. The second-order valence-electron chi connectivity index (χ2n) is 5.44. The van der Waals surface area contributed by atoms with Gasteiger partial charge in [-0.3, -0.25) is 9.78 Å². The second-order valence-corrected chi connectivity index (χ2v) is 5.44. The van der Waals surface area contributed by atoms with Crippen molar-refractivity contribution in [3.63, 3.8) is 0 Å². The number of piperidine rings is 1. The topological polar surface area (TPSA) is 65.5 Å². The average molecular weight is 290 g/mol. The molecule has 3 amide bonds. The number of hydrogen-bond acceptors (Lipinski definition) is 3. The van der Waals surface area contributed by atoms with Crippen LogP contribution in [0.5, 0.6) is 0 Å². The molecule has 2 heterocycles. The summed E-state index contributed by atoms with van der Waals surface area (Å²) in [7, 11) is 3.36. The minimum atomic E-state index is -0.176. The molecular formula is C15H22N4O2. The van der Waals surface area contributed by atoms with Crippen LogP contribution < -0.4 is 5.32 Å². The first-order chi connectivity index (χ1) is 10.1. The second kappa shape index (κ2) is 7.06. The Morgan fingerprint density at radius 3 is 2.67 bits per heavy atom. The van der Waals surface area contributed by atoms with Crippen molar-refractivity contribution in [3.05, 3.63) is 29.6 Å². The highest BCUT2D eigenvalue weighted by Gasteiger charge is 2.18. The summed E-state index contributed by atoms with van der Waals surface area (Å²) in [6, 6.07) is 3.31. The third-order valence-corrected chi connectivity index (χ3v) is 3.53. The summed E-state index contributed by atoms with van der Waals surface area (Å²) in [5.41, 5.74) is 1.33. The van der Waals surface area contributed by atoms with Crippen molar-refractivity contribution in [2.75, 3.05) is 27.2 Å². The fraction of sp³-hybridized carbons (Fsp3) is 0.533. The molecule has 2 rings (SSSR count). The molecule has 1 fully saturated rings. The van der Waals surface area contributed by atoms with Crippen LogP contribution in [0.2, 0.25) is 0 Å². The van der Waals surface area contributed by atoms with E-state index in [2.05, 4.69) is 10.3 Å². The monoisotopic (exact) mass is 290 g/mol. The zero-order chi connectivity index (χ0) is 15.2. The van der Waals surface area contributed by atoms with Crippen LogP contribution in [0.4, 0.5) is 4.79 Å². The quantitative estimate of drug-likeness (QED) is 0.917. The molecule has 21 heavy (non-hydrogen) atoms. The minimum absolute atomic E-state index is 0.0530. The van der Waals surface area contributed by atoms with Crippen LogP contribution in [0.3, 0.4) is 0 Å². The fourth-order valence-corrected chi connectivity index (χ4v) is 2.31. The fourth-order valence-electron chi connectivity index (χ4n) is 2.31. The van der Waals surface area contributed by atoms with Gasteiger partial charge in [-0.25, -0.2) is 4.79 Å². The number of carbonyl (C=O) groups excluding carboxylic acids is 2. The molecular weight excluding hydrogens is 268 g/mol. The van der Waals surface area contributed by atoms with Gasteiger partial charge in [0.15, 0.2) is 0 Å². The Hall–Kier alpha value is -2.11. The van der Waals surface area contributed by atoms with E-state index >= 15 is 0 Å². The number of amides is 3. The van der Waals surface area contributed by atoms with Gasteiger partial charge in [0.25, 0.3) is 5.91 Å². The molecule has 0 unspecified atom stereocenters. The lowest BCUT2D eigenvalue weighted by atomic mass is 10.1. The summed E-state index contributed by atoms with van der Waals surface area (Å²) in [6.07, 6.45) is 4.96. The molecule has 6 nitrogen and oxygen atoms in total. The van der Waals surface area contributed by atoms with Crippen LogP contribution >= 0.6 is 0 Å². The summed E-state index contributed by atoms with van der Waals surface area (Å²) in [5.74, 6) is 0.0530. The van der Waals surface area contributed by atoms with Crippen LogP contribution in [-0.4, -0.2) is 53.9 Å². The number of carbonyl (C=O) groups is 2. The zero-order valence-corrected chi connectivity index (χ0v) is 12.6. The van der Waals surface area contributed by atoms with Crippen LogP contribution in [0.15, 0.2) is 18.3 Å². The Morgan fingerprint density at radius 2 is 2.00 bits per heavy atom. The standard InChI is InChI=1S/C15H22N4O2/c1-18(2)15(21)17-11-13-10-12(6-7-16-13)14(20)19-8-4-3-5-9-19/h6-7,10H,3-5,8-9,11H2,1-2H3,(H,17,21). The Balaban J connectivity index is 1.99. The third-order valence-electron chi connectivity index (χ3n) is 3.53. The van der Waals surface area contributed by atoms with E-state index in [0.717, 1.165) is 25.9 Å². The predicted octanol–water partition coefficient (Wildman–Crippen LogP) is 1.48. The van der Waals surface area contributed by atoms with Gasteiger partial charge >= 0.3 is 6.03 Å². The summed E-state index contributed by atoms with van der Waals surface area (Å²) in [6.45, 7) is 1.97. The Kier molecular flexibility index (Phi) is 5.14. The van der Waals surface area contributed by atoms with Crippen molar-refractivity contribution < 1.29 is 9.59 Å². The molecule has 114 valence electrons. The summed E-state index contributed by atoms with van der Waals surface area (Å²) < 4.78 is 0. The van der Waals surface area contributed by atoms with Crippen LogP contribution in [0.1, 0.15) is 35.3 Å². The molecule has 1 aromatic heterocycles. The predicted molar refractivity (Wildman–Crippen MR) is 79.9 cm³/mol. The number of urea groups is 1. The maximum absolute atomic E-state index is 12.4. The van der Waals surface area contributed by atoms with Crippen molar-refractivity contribution >= 4 is 11.9 Å². The molecule has 0 aromatic carbocycles. The van der Waals surface area contributed by atoms with E-state index < -0.39 is 0 Å².